The Labute approximate surface area is 199 Å². The lowest BCUT2D eigenvalue weighted by atomic mass is 9.57. The van der Waals surface area contributed by atoms with E-state index in [-0.39, 0.29) is 35.0 Å². The SMILES string of the molecule is CN(C)[C@H]1C(=O)C(C(N)=O)=C(O)[C@]2(O)C(=O)C3=C(O)c4c(O)ccc(Cl)c4[C@H](O)[C@@H]3C[C@H]12.Cl. The van der Waals surface area contributed by atoms with Gasteiger partial charge in [-0.2, -0.15) is 0 Å². The second-order valence-electron chi connectivity index (χ2n) is 8.47. The molecule has 0 radical (unpaired) electrons. The Bertz CT molecular complexity index is 1160. The summed E-state index contributed by atoms with van der Waals surface area (Å²) in [6, 6.07) is 1.25. The molecule has 0 bridgehead atoms. The maximum Gasteiger partial charge on any atom is 0.255 e. The van der Waals surface area contributed by atoms with Crippen LogP contribution >= 0.6 is 24.0 Å². The summed E-state index contributed by atoms with van der Waals surface area (Å²) in [5.41, 5.74) is 0.845. The number of rotatable bonds is 2. The molecule has 4 rings (SSSR count). The summed E-state index contributed by atoms with van der Waals surface area (Å²) in [5, 5.41) is 54.4. The Balaban J connectivity index is 0.00000306. The first kappa shape index (κ1) is 25.0. The third-order valence-electron chi connectivity index (χ3n) is 6.64. The molecule has 10 nitrogen and oxygen atoms in total. The maximum atomic E-state index is 13.6. The van der Waals surface area contributed by atoms with Crippen molar-refractivity contribution in [2.75, 3.05) is 14.1 Å². The Morgan fingerprint density at radius 2 is 1.82 bits per heavy atom. The summed E-state index contributed by atoms with van der Waals surface area (Å²) in [7, 11) is 2.97. The summed E-state index contributed by atoms with van der Waals surface area (Å²) < 4.78 is 0. The van der Waals surface area contributed by atoms with Gasteiger partial charge in [-0.05, 0) is 32.6 Å². The normalized spacial score (nSPS) is 31.1. The third-order valence-corrected chi connectivity index (χ3v) is 6.97. The van der Waals surface area contributed by atoms with E-state index in [9.17, 15) is 39.9 Å². The summed E-state index contributed by atoms with van der Waals surface area (Å²) in [6.45, 7) is 0. The van der Waals surface area contributed by atoms with E-state index in [2.05, 4.69) is 0 Å². The molecule has 5 atom stereocenters. The number of likely N-dealkylation sites (N-methyl/N-ethyl adjacent to an activating group) is 1. The summed E-state index contributed by atoms with van der Waals surface area (Å²) in [6.07, 6.45) is -1.70. The molecule has 0 aliphatic heterocycles. The average Bonchev–Trinajstić information content (AvgIpc) is 2.69. The van der Waals surface area contributed by atoms with Crippen LogP contribution in [-0.2, 0) is 14.4 Å². The zero-order valence-corrected chi connectivity index (χ0v) is 19.0. The van der Waals surface area contributed by atoms with Crippen LogP contribution in [0.25, 0.3) is 5.76 Å². The number of aromatic hydroxyl groups is 1. The Morgan fingerprint density at radius 3 is 2.36 bits per heavy atom. The van der Waals surface area contributed by atoms with Crippen molar-refractivity contribution in [3.05, 3.63) is 45.2 Å². The van der Waals surface area contributed by atoms with E-state index in [4.69, 9.17) is 17.3 Å². The van der Waals surface area contributed by atoms with Crippen molar-refractivity contribution >= 4 is 47.2 Å². The predicted molar refractivity (Wildman–Crippen MR) is 118 cm³/mol. The summed E-state index contributed by atoms with van der Waals surface area (Å²) in [5.74, 6) is -8.19. The molecule has 12 heteroatoms. The van der Waals surface area contributed by atoms with E-state index >= 15 is 0 Å². The number of phenols is 1. The number of carbonyl (C=O) groups excluding carboxylic acids is 3. The molecule has 3 aliphatic carbocycles. The molecule has 33 heavy (non-hydrogen) atoms. The zero-order chi connectivity index (χ0) is 23.9. The fraction of sp³-hybridized carbons (Fsp3) is 0.381. The van der Waals surface area contributed by atoms with Crippen LogP contribution < -0.4 is 5.73 Å². The molecular formula is C21H22Cl2N2O8. The van der Waals surface area contributed by atoms with Gasteiger partial charge in [0.05, 0.1) is 17.7 Å². The minimum absolute atomic E-state index is 0. The Kier molecular flexibility index (Phi) is 6.06. The highest BCUT2D eigenvalue weighted by molar-refractivity contribution is 6.32. The molecule has 178 valence electrons. The number of primary amides is 1. The second kappa shape index (κ2) is 8.00. The molecule has 1 aromatic carbocycles. The number of fused-ring (bicyclic) bond motifs is 3. The summed E-state index contributed by atoms with van der Waals surface area (Å²) in [4.78, 5) is 39.8. The van der Waals surface area contributed by atoms with Crippen molar-refractivity contribution < 1.29 is 39.9 Å². The highest BCUT2D eigenvalue weighted by Crippen LogP contribution is 2.56. The molecule has 3 aliphatic rings. The largest absolute Gasteiger partial charge is 0.508 e. The number of ketones is 2. The monoisotopic (exact) mass is 500 g/mol. The number of amides is 1. The average molecular weight is 501 g/mol. The van der Waals surface area contributed by atoms with Gasteiger partial charge in [0.2, 0.25) is 5.78 Å². The van der Waals surface area contributed by atoms with Crippen molar-refractivity contribution in [2.45, 2.75) is 24.2 Å². The number of aliphatic hydroxyl groups is 4. The first-order valence-corrected chi connectivity index (χ1v) is 10.1. The van der Waals surface area contributed by atoms with Crippen LogP contribution in [0.3, 0.4) is 0 Å². The number of halogens is 2. The van der Waals surface area contributed by atoms with Gasteiger partial charge in [0.15, 0.2) is 11.4 Å². The first-order valence-electron chi connectivity index (χ1n) is 9.69. The van der Waals surface area contributed by atoms with Crippen LogP contribution in [0.4, 0.5) is 0 Å². The van der Waals surface area contributed by atoms with Crippen molar-refractivity contribution in [2.24, 2.45) is 17.6 Å². The van der Waals surface area contributed by atoms with E-state index in [0.29, 0.717) is 0 Å². The van der Waals surface area contributed by atoms with Gasteiger partial charge in [-0.25, -0.2) is 0 Å². The van der Waals surface area contributed by atoms with Gasteiger partial charge in [-0.1, -0.05) is 11.6 Å². The third kappa shape index (κ3) is 3.09. The van der Waals surface area contributed by atoms with E-state index in [1.807, 2.05) is 0 Å². The lowest BCUT2D eigenvalue weighted by Gasteiger charge is -2.51. The quantitative estimate of drug-likeness (QED) is 0.315. The molecule has 7 N–H and O–H groups in total. The molecule has 0 unspecified atom stereocenters. The number of nitrogens with two attached hydrogens (primary N) is 1. The van der Waals surface area contributed by atoms with Crippen LogP contribution in [-0.4, -0.2) is 73.6 Å². The van der Waals surface area contributed by atoms with Gasteiger partial charge in [0, 0.05) is 28.0 Å². The highest BCUT2D eigenvalue weighted by atomic mass is 35.5. The number of nitrogens with zero attached hydrogens (tertiary/aromatic N) is 1. The molecule has 0 heterocycles. The number of aliphatic hydroxyl groups excluding tert-OH is 3. The lowest BCUT2D eigenvalue weighted by Crippen LogP contribution is -2.66. The van der Waals surface area contributed by atoms with Gasteiger partial charge in [0.1, 0.15) is 22.8 Å². The van der Waals surface area contributed by atoms with Crippen LogP contribution in [0.5, 0.6) is 5.75 Å². The number of carbonyl (C=O) groups is 3. The van der Waals surface area contributed by atoms with E-state index in [0.717, 1.165) is 0 Å². The first-order chi connectivity index (χ1) is 14.8. The van der Waals surface area contributed by atoms with Crippen molar-refractivity contribution in [1.82, 2.24) is 4.90 Å². The number of Topliss-reactive ketones (excluding diaryl/α,β-unsaturated/α-hetero) is 2. The van der Waals surface area contributed by atoms with E-state index in [1.54, 1.807) is 0 Å². The molecule has 1 saturated carbocycles. The van der Waals surface area contributed by atoms with E-state index < -0.39 is 75.5 Å². The van der Waals surface area contributed by atoms with Crippen LogP contribution in [0, 0.1) is 11.8 Å². The second-order valence-corrected chi connectivity index (χ2v) is 8.87. The van der Waals surface area contributed by atoms with Crippen LogP contribution in [0.1, 0.15) is 23.7 Å². The topological polar surface area (TPSA) is 182 Å². The fourth-order valence-electron chi connectivity index (χ4n) is 5.24. The minimum atomic E-state index is -2.77. The molecule has 1 amide bonds. The smallest absolute Gasteiger partial charge is 0.255 e. The molecular weight excluding hydrogens is 479 g/mol. The van der Waals surface area contributed by atoms with Gasteiger partial charge < -0.3 is 31.3 Å². The number of benzene rings is 1. The molecule has 0 aromatic heterocycles. The van der Waals surface area contributed by atoms with Gasteiger partial charge in [-0.15, -0.1) is 12.4 Å². The fourth-order valence-corrected chi connectivity index (χ4v) is 5.51. The Morgan fingerprint density at radius 1 is 1.21 bits per heavy atom. The van der Waals surface area contributed by atoms with Gasteiger partial charge in [0.25, 0.3) is 5.91 Å². The standard InChI is InChI=1S/C21H21ClN2O8.ClH/c1-24(2)14-7-5-6-10(16(27)12-9(25)4-3-8(22)11(12)15(6)26)18(29)21(7,32)19(30)13(17(14)28)20(23)31;/h3-4,6-7,14-15,25-27,30,32H,5H2,1-2H3,(H2,23,31);1H/t6-,7-,14-,15-,21-;/m1./s1. The molecule has 1 fully saturated rings. The van der Waals surface area contributed by atoms with Crippen molar-refractivity contribution in [3.63, 3.8) is 0 Å². The van der Waals surface area contributed by atoms with Crippen molar-refractivity contribution in [1.29, 1.82) is 0 Å². The highest BCUT2D eigenvalue weighted by Gasteiger charge is 2.65. The van der Waals surface area contributed by atoms with Gasteiger partial charge in [-0.3, -0.25) is 19.3 Å². The number of phenolic OH excluding ortho intramolecular Hbond substituents is 1. The van der Waals surface area contributed by atoms with Crippen LogP contribution in [0.15, 0.2) is 29.0 Å². The molecule has 1 aromatic rings. The zero-order valence-electron chi connectivity index (χ0n) is 17.4. The Hall–Kier alpha value is -2.63. The minimum Gasteiger partial charge on any atom is -0.508 e. The van der Waals surface area contributed by atoms with Crippen molar-refractivity contribution in [3.8, 4) is 5.75 Å². The van der Waals surface area contributed by atoms with Gasteiger partial charge >= 0.3 is 0 Å². The van der Waals surface area contributed by atoms with Crippen LogP contribution in [0.2, 0.25) is 5.02 Å². The maximum absolute atomic E-state index is 13.6. The number of hydrogen-bond donors (Lipinski definition) is 6. The number of hydrogen-bond acceptors (Lipinski definition) is 9. The lowest BCUT2D eigenvalue weighted by molar-refractivity contribution is -0.155. The summed E-state index contributed by atoms with van der Waals surface area (Å²) >= 11 is 6.19. The predicted octanol–water partition coefficient (Wildman–Crippen LogP) is 0.530. The molecule has 0 saturated heterocycles. The van der Waals surface area contributed by atoms with E-state index in [1.165, 1.54) is 31.1 Å². The molecule has 0 spiro atoms.